The fourth-order valence-corrected chi connectivity index (χ4v) is 9.45. The van der Waals surface area contributed by atoms with E-state index in [0.29, 0.717) is 33.6 Å². The molecule has 2 unspecified atom stereocenters. The van der Waals surface area contributed by atoms with E-state index in [9.17, 15) is 18.7 Å². The number of aryl methyl sites for hydroxylation is 5. The molecule has 0 N–H and O–H groups in total. The molecule has 8 heteroatoms. The number of ether oxygens (including phenoxy) is 1. The molecule has 0 fully saturated rings. The standard InChI is InChI=1S/C27H31O3P.C16H16O3P/c1-5-6-10-17-30-23-13-15-25(16-14-23)31(29,24-11-8-7-9-12-24)27(28)26-21(3)18-20(2)19-22(26)4;1-12-7-6-8-13(2)16(12)15(17)11-19-20(18)14-9-4-3-5-10-14/h7-9,11-16,18-19H,5-6,10,17H2,1-4H3;3-10H,11H2,1-2H3/q;+1. The van der Waals surface area contributed by atoms with Gasteiger partial charge in [0.05, 0.1) is 6.61 Å². The van der Waals surface area contributed by atoms with Crippen LogP contribution in [-0.4, -0.2) is 24.5 Å². The van der Waals surface area contributed by atoms with Crippen molar-refractivity contribution in [2.75, 3.05) is 13.2 Å². The average molecular weight is 722 g/mol. The highest BCUT2D eigenvalue weighted by Crippen LogP contribution is 2.48. The van der Waals surface area contributed by atoms with Gasteiger partial charge >= 0.3 is 8.03 Å². The minimum atomic E-state index is -3.56. The van der Waals surface area contributed by atoms with Gasteiger partial charge in [0.2, 0.25) is 18.0 Å². The molecule has 0 spiro atoms. The number of unbranched alkanes of at least 4 members (excludes halogenated alkanes) is 2. The Morgan fingerprint density at radius 1 is 0.647 bits per heavy atom. The summed E-state index contributed by atoms with van der Waals surface area (Å²) in [5.41, 5.74) is 5.52. The number of benzene rings is 5. The Balaban J connectivity index is 0.000000251. The van der Waals surface area contributed by atoms with Gasteiger partial charge in [0.15, 0.2) is 12.4 Å². The molecule has 0 saturated carbocycles. The quantitative estimate of drug-likeness (QED) is 0.0645. The van der Waals surface area contributed by atoms with E-state index in [-0.39, 0.29) is 17.9 Å². The van der Waals surface area contributed by atoms with Crippen LogP contribution in [0.1, 0.15) is 74.7 Å². The Morgan fingerprint density at radius 3 is 1.76 bits per heavy atom. The molecule has 2 atom stereocenters. The second-order valence-corrected chi connectivity index (χ2v) is 16.6. The molecule has 0 saturated heterocycles. The summed E-state index contributed by atoms with van der Waals surface area (Å²) in [7, 11) is -5.55. The zero-order chi connectivity index (χ0) is 37.0. The van der Waals surface area contributed by atoms with E-state index in [1.807, 2.05) is 101 Å². The fourth-order valence-electron chi connectivity index (χ4n) is 6.06. The van der Waals surface area contributed by atoms with Crippen LogP contribution in [-0.2, 0) is 13.7 Å². The Labute approximate surface area is 303 Å². The lowest BCUT2D eigenvalue weighted by molar-refractivity contribution is 0.0926. The lowest BCUT2D eigenvalue weighted by Gasteiger charge is -2.21. The molecule has 0 aliphatic rings. The van der Waals surface area contributed by atoms with E-state index in [2.05, 4.69) is 6.92 Å². The van der Waals surface area contributed by atoms with Crippen molar-refractivity contribution in [2.24, 2.45) is 0 Å². The van der Waals surface area contributed by atoms with Gasteiger partial charge in [-0.3, -0.25) is 9.59 Å². The molecule has 0 amide bonds. The summed E-state index contributed by atoms with van der Waals surface area (Å²) < 4.78 is 37.5. The van der Waals surface area contributed by atoms with Crippen molar-refractivity contribution in [2.45, 2.75) is 60.8 Å². The normalized spacial score (nSPS) is 12.2. The van der Waals surface area contributed by atoms with Crippen LogP contribution in [0.5, 0.6) is 5.75 Å². The summed E-state index contributed by atoms with van der Waals surface area (Å²) in [6.45, 7) is 12.2. The van der Waals surface area contributed by atoms with E-state index in [4.69, 9.17) is 9.26 Å². The van der Waals surface area contributed by atoms with E-state index < -0.39 is 15.2 Å². The maximum Gasteiger partial charge on any atom is 0.549 e. The molecule has 5 aromatic carbocycles. The first kappa shape index (κ1) is 39.3. The monoisotopic (exact) mass is 721 g/mol. The van der Waals surface area contributed by atoms with Crippen molar-refractivity contribution in [3.63, 3.8) is 0 Å². The zero-order valence-electron chi connectivity index (χ0n) is 30.3. The van der Waals surface area contributed by atoms with Gasteiger partial charge in [-0.15, -0.1) is 4.52 Å². The van der Waals surface area contributed by atoms with Crippen molar-refractivity contribution >= 4 is 42.4 Å². The number of Topliss-reactive ketones (excluding diaryl/α,β-unsaturated/α-hetero) is 1. The lowest BCUT2D eigenvalue weighted by Crippen LogP contribution is -2.24. The largest absolute Gasteiger partial charge is 0.549 e. The first-order valence-corrected chi connectivity index (χ1v) is 20.1. The van der Waals surface area contributed by atoms with Crippen molar-refractivity contribution < 1.29 is 28.0 Å². The SMILES string of the molecule is CCCCCOc1ccc(P(=O)(C(=O)c2c(C)cc(C)cc2C)c2ccccc2)cc1.Cc1cccc(C)c1C(=O)CO[P+](=O)c1ccccc1. The smallest absolute Gasteiger partial charge is 0.494 e. The van der Waals surface area contributed by atoms with Crippen LogP contribution < -0.4 is 20.7 Å². The minimum absolute atomic E-state index is 0.139. The lowest BCUT2D eigenvalue weighted by atomic mass is 10.00. The van der Waals surface area contributed by atoms with Crippen molar-refractivity contribution in [1.82, 2.24) is 0 Å². The van der Waals surface area contributed by atoms with Gasteiger partial charge < -0.3 is 9.30 Å². The first-order chi connectivity index (χ1) is 24.5. The average Bonchev–Trinajstić information content (AvgIpc) is 3.13. The zero-order valence-corrected chi connectivity index (χ0v) is 32.1. The van der Waals surface area contributed by atoms with Gasteiger partial charge in [-0.25, -0.2) is 0 Å². The molecule has 0 aromatic heterocycles. The second kappa shape index (κ2) is 18.7. The summed E-state index contributed by atoms with van der Waals surface area (Å²) in [5, 5.41) is 1.68. The summed E-state index contributed by atoms with van der Waals surface area (Å²) in [4.78, 5) is 26.0. The predicted octanol–water partition coefficient (Wildman–Crippen LogP) is 9.91. The van der Waals surface area contributed by atoms with E-state index in [0.717, 1.165) is 52.8 Å². The van der Waals surface area contributed by atoms with Gasteiger partial charge in [0.1, 0.15) is 5.75 Å². The Hall–Kier alpha value is -4.47. The predicted molar refractivity (Wildman–Crippen MR) is 210 cm³/mol. The number of rotatable bonds is 14. The number of hydrogen-bond acceptors (Lipinski definition) is 6. The molecule has 0 aliphatic heterocycles. The molecular formula is C43H47O6P2+. The molecule has 51 heavy (non-hydrogen) atoms. The van der Waals surface area contributed by atoms with E-state index >= 15 is 0 Å². The van der Waals surface area contributed by atoms with Crippen LogP contribution in [0.3, 0.4) is 0 Å². The van der Waals surface area contributed by atoms with E-state index in [1.165, 1.54) is 0 Å². The molecule has 264 valence electrons. The van der Waals surface area contributed by atoms with Crippen LogP contribution in [0.15, 0.2) is 115 Å². The summed E-state index contributed by atoms with van der Waals surface area (Å²) >= 11 is 0. The molecule has 5 rings (SSSR count). The molecule has 5 aromatic rings. The Morgan fingerprint density at radius 2 is 1.20 bits per heavy atom. The molecular weight excluding hydrogens is 674 g/mol. The highest BCUT2D eigenvalue weighted by molar-refractivity contribution is 7.93. The van der Waals surface area contributed by atoms with E-state index in [1.54, 1.807) is 48.5 Å². The van der Waals surface area contributed by atoms with Crippen LogP contribution in [0.2, 0.25) is 0 Å². The van der Waals surface area contributed by atoms with Gasteiger partial charge in [-0.2, -0.15) is 0 Å². The maximum absolute atomic E-state index is 14.5. The topological polar surface area (TPSA) is 86.7 Å². The van der Waals surface area contributed by atoms with Gasteiger partial charge in [0.25, 0.3) is 0 Å². The van der Waals surface area contributed by atoms with Crippen molar-refractivity contribution in [3.8, 4) is 5.75 Å². The van der Waals surface area contributed by atoms with Gasteiger partial charge in [0, 0.05) is 21.7 Å². The number of carbonyl (C=O) groups is 2. The Bertz CT molecular complexity index is 1960. The summed E-state index contributed by atoms with van der Waals surface area (Å²) in [5.74, 6) is 0.592. The highest BCUT2D eigenvalue weighted by atomic mass is 31.2. The van der Waals surface area contributed by atoms with Gasteiger partial charge in [-0.1, -0.05) is 104 Å². The number of hydrogen-bond donors (Lipinski definition) is 0. The second-order valence-electron chi connectivity index (χ2n) is 12.6. The highest BCUT2D eigenvalue weighted by Gasteiger charge is 2.38. The molecule has 6 nitrogen and oxygen atoms in total. The van der Waals surface area contributed by atoms with Crippen LogP contribution in [0.25, 0.3) is 0 Å². The third-order valence-electron chi connectivity index (χ3n) is 8.55. The molecule has 0 radical (unpaired) electrons. The minimum Gasteiger partial charge on any atom is -0.494 e. The summed E-state index contributed by atoms with van der Waals surface area (Å²) in [6, 6.07) is 34.8. The van der Waals surface area contributed by atoms with Crippen molar-refractivity contribution in [1.29, 1.82) is 0 Å². The molecule has 0 bridgehead atoms. The number of carbonyl (C=O) groups excluding carboxylic acids is 2. The summed E-state index contributed by atoms with van der Waals surface area (Å²) in [6.07, 6.45) is 3.28. The maximum atomic E-state index is 14.5. The van der Waals surface area contributed by atoms with Crippen LogP contribution in [0, 0.1) is 34.6 Å². The van der Waals surface area contributed by atoms with Gasteiger partial charge in [-0.05, 0) is 104 Å². The fraction of sp³-hybridized carbons (Fsp3) is 0.256. The molecule has 0 heterocycles. The number of ketones is 1. The Kier molecular flexibility index (Phi) is 14.4. The van der Waals surface area contributed by atoms with Crippen LogP contribution in [0.4, 0.5) is 0 Å². The molecule has 0 aliphatic carbocycles. The van der Waals surface area contributed by atoms with Crippen molar-refractivity contribution in [3.05, 3.63) is 154 Å². The third kappa shape index (κ3) is 10.1. The first-order valence-electron chi connectivity index (χ1n) is 17.2. The van der Waals surface area contributed by atoms with Crippen LogP contribution >= 0.6 is 15.2 Å². The third-order valence-corrected chi connectivity index (χ3v) is 12.5.